The number of hydrogen-bond acceptors (Lipinski definition) is 7. The number of ether oxygens (including phenoxy) is 1. The summed E-state index contributed by atoms with van der Waals surface area (Å²) in [4.78, 5) is 30.1. The van der Waals surface area contributed by atoms with Crippen LogP contribution in [0.2, 0.25) is 0 Å². The molecule has 1 aliphatic rings. The Hall–Kier alpha value is -4.52. The summed E-state index contributed by atoms with van der Waals surface area (Å²) >= 11 is 0. The van der Waals surface area contributed by atoms with Gasteiger partial charge in [-0.2, -0.15) is 5.26 Å². The van der Waals surface area contributed by atoms with E-state index in [1.54, 1.807) is 52.2 Å². The highest BCUT2D eigenvalue weighted by Gasteiger charge is 2.32. The van der Waals surface area contributed by atoms with Crippen LogP contribution in [0.1, 0.15) is 33.3 Å². The van der Waals surface area contributed by atoms with Crippen LogP contribution < -0.4 is 4.90 Å². The van der Waals surface area contributed by atoms with E-state index in [4.69, 9.17) is 4.74 Å². The third kappa shape index (κ3) is 4.75. The number of benzene rings is 1. The number of pyridine rings is 1. The number of hydrogen-bond donors (Lipinski definition) is 0. The molecule has 1 saturated heterocycles. The largest absolute Gasteiger partial charge is 0.444 e. The van der Waals surface area contributed by atoms with E-state index in [1.807, 2.05) is 27.7 Å². The highest BCUT2D eigenvalue weighted by molar-refractivity contribution is 6.02. The average Bonchev–Trinajstić information content (AvgIpc) is 3.28. The summed E-state index contributed by atoms with van der Waals surface area (Å²) < 4.78 is 22.4. The Labute approximate surface area is 220 Å². The molecule has 0 spiro atoms. The van der Waals surface area contributed by atoms with Gasteiger partial charge in [0, 0.05) is 49.2 Å². The maximum Gasteiger partial charge on any atom is 0.410 e. The van der Waals surface area contributed by atoms with Crippen LogP contribution in [-0.2, 0) is 4.74 Å². The molecule has 38 heavy (non-hydrogen) atoms. The summed E-state index contributed by atoms with van der Waals surface area (Å²) in [7, 11) is 0. The van der Waals surface area contributed by atoms with Crippen LogP contribution in [0.15, 0.2) is 55.1 Å². The second-order valence-electron chi connectivity index (χ2n) is 10.3. The first-order valence-corrected chi connectivity index (χ1v) is 12.4. The minimum atomic E-state index is -0.579. The molecule has 1 atom stereocenters. The van der Waals surface area contributed by atoms with Crippen LogP contribution in [0.4, 0.5) is 15.0 Å². The normalized spacial score (nSPS) is 15.9. The first-order valence-electron chi connectivity index (χ1n) is 12.4. The number of halogens is 1. The molecule has 0 aliphatic carbocycles. The molecule has 5 rings (SSSR count). The molecule has 4 aromatic rings. The molecule has 1 fully saturated rings. The number of carbonyl (C=O) groups is 1. The van der Waals surface area contributed by atoms with Crippen molar-refractivity contribution in [3.63, 3.8) is 0 Å². The molecule has 10 heteroatoms. The molecule has 0 radical (unpaired) electrons. The lowest BCUT2D eigenvalue weighted by molar-refractivity contribution is 0.0218. The summed E-state index contributed by atoms with van der Waals surface area (Å²) in [6.45, 7) is 8.96. The molecule has 0 bridgehead atoms. The zero-order valence-electron chi connectivity index (χ0n) is 21.7. The van der Waals surface area contributed by atoms with Crippen molar-refractivity contribution in [2.75, 3.05) is 24.5 Å². The van der Waals surface area contributed by atoms with Gasteiger partial charge in [-0.05, 0) is 45.9 Å². The van der Waals surface area contributed by atoms with Crippen molar-refractivity contribution in [1.82, 2.24) is 24.4 Å². The highest BCUT2D eigenvalue weighted by atomic mass is 19.1. The molecule has 4 heterocycles. The summed E-state index contributed by atoms with van der Waals surface area (Å²) in [6, 6.07) is 11.9. The van der Waals surface area contributed by atoms with Crippen molar-refractivity contribution in [1.29, 1.82) is 5.26 Å². The maximum atomic E-state index is 15.1. The first-order chi connectivity index (χ1) is 18.2. The third-order valence-electron chi connectivity index (χ3n) is 6.40. The van der Waals surface area contributed by atoms with Crippen LogP contribution in [0, 0.1) is 17.1 Å². The zero-order valence-corrected chi connectivity index (χ0v) is 21.7. The van der Waals surface area contributed by atoms with Crippen molar-refractivity contribution >= 4 is 22.9 Å². The molecular weight excluding hydrogens is 485 g/mol. The molecule has 3 aromatic heterocycles. The quantitative estimate of drug-likeness (QED) is 0.383. The number of anilines is 1. The minimum absolute atomic E-state index is 0.0915. The van der Waals surface area contributed by atoms with Gasteiger partial charge in [0.1, 0.15) is 29.4 Å². The van der Waals surface area contributed by atoms with Crippen LogP contribution in [0.25, 0.3) is 28.0 Å². The zero-order chi connectivity index (χ0) is 27.0. The Kier molecular flexibility index (Phi) is 6.45. The van der Waals surface area contributed by atoms with E-state index in [2.05, 4.69) is 25.9 Å². The fraction of sp³-hybridized carbons (Fsp3) is 0.321. The van der Waals surface area contributed by atoms with Crippen LogP contribution in [0.5, 0.6) is 0 Å². The van der Waals surface area contributed by atoms with Gasteiger partial charge in [-0.1, -0.05) is 18.2 Å². The summed E-state index contributed by atoms with van der Waals surface area (Å²) in [6.07, 6.45) is 4.47. The number of fused-ring (bicyclic) bond motifs is 1. The molecule has 0 unspecified atom stereocenters. The smallest absolute Gasteiger partial charge is 0.410 e. The van der Waals surface area contributed by atoms with E-state index < -0.39 is 5.60 Å². The molecule has 1 aliphatic heterocycles. The minimum Gasteiger partial charge on any atom is -0.444 e. The summed E-state index contributed by atoms with van der Waals surface area (Å²) in [5, 5.41) is 10.1. The van der Waals surface area contributed by atoms with E-state index in [0.29, 0.717) is 59.0 Å². The molecule has 0 N–H and O–H groups in total. The Bertz CT molecular complexity index is 1550. The van der Waals surface area contributed by atoms with Gasteiger partial charge in [-0.3, -0.25) is 4.57 Å². The number of carbonyl (C=O) groups excluding carboxylic acids is 1. The Morgan fingerprint density at radius 3 is 2.63 bits per heavy atom. The average molecular weight is 514 g/mol. The van der Waals surface area contributed by atoms with Crippen molar-refractivity contribution in [3.8, 4) is 23.0 Å². The number of piperazine rings is 1. The standard InChI is InChI=1S/C28H28FN7O2/c1-18-15-34(27(37)38-28(2,3)4)11-12-35(18)25-24-21(20-7-5-6-8-22(20)29)16-36(26(24)33-17-32-25)23-13-19(14-30)9-10-31-23/h5-10,13,16-18H,11-12,15H2,1-4H3/t18-/m0/s1. The topological polar surface area (TPSA) is 100 Å². The van der Waals surface area contributed by atoms with Gasteiger partial charge in [0.2, 0.25) is 0 Å². The monoisotopic (exact) mass is 513 g/mol. The number of rotatable bonds is 3. The van der Waals surface area contributed by atoms with Gasteiger partial charge in [0.15, 0.2) is 5.65 Å². The van der Waals surface area contributed by atoms with Crippen molar-refractivity contribution in [2.45, 2.75) is 39.3 Å². The van der Waals surface area contributed by atoms with Gasteiger partial charge in [-0.25, -0.2) is 24.1 Å². The van der Waals surface area contributed by atoms with Gasteiger partial charge in [0.25, 0.3) is 0 Å². The van der Waals surface area contributed by atoms with E-state index in [-0.39, 0.29) is 18.0 Å². The van der Waals surface area contributed by atoms with Crippen LogP contribution in [0.3, 0.4) is 0 Å². The van der Waals surface area contributed by atoms with Crippen molar-refractivity contribution in [3.05, 3.63) is 66.5 Å². The van der Waals surface area contributed by atoms with Crippen LogP contribution in [-0.4, -0.2) is 61.8 Å². The lowest BCUT2D eigenvalue weighted by Gasteiger charge is -2.41. The molecule has 9 nitrogen and oxygen atoms in total. The predicted molar refractivity (Wildman–Crippen MR) is 141 cm³/mol. The second kappa shape index (κ2) is 9.74. The SMILES string of the molecule is C[C@H]1CN(C(=O)OC(C)(C)C)CCN1c1ncnc2c1c(-c1ccccc1F)cn2-c1cc(C#N)ccn1. The van der Waals surface area contributed by atoms with Crippen molar-refractivity contribution in [2.24, 2.45) is 0 Å². The van der Waals surface area contributed by atoms with E-state index in [9.17, 15) is 10.1 Å². The second-order valence-corrected chi connectivity index (χ2v) is 10.3. The van der Waals surface area contributed by atoms with E-state index in [1.165, 1.54) is 12.4 Å². The fourth-order valence-corrected chi connectivity index (χ4v) is 4.71. The Morgan fingerprint density at radius 2 is 1.92 bits per heavy atom. The molecule has 1 aromatic carbocycles. The maximum absolute atomic E-state index is 15.1. The van der Waals surface area contributed by atoms with E-state index in [0.717, 1.165) is 0 Å². The van der Waals surface area contributed by atoms with Gasteiger partial charge < -0.3 is 14.5 Å². The highest BCUT2D eigenvalue weighted by Crippen LogP contribution is 2.38. The number of amides is 1. The molecule has 194 valence electrons. The number of aromatic nitrogens is 4. The lowest BCUT2D eigenvalue weighted by Crippen LogP contribution is -2.54. The van der Waals surface area contributed by atoms with Gasteiger partial charge in [0.05, 0.1) is 17.0 Å². The van der Waals surface area contributed by atoms with E-state index >= 15 is 4.39 Å². The van der Waals surface area contributed by atoms with Gasteiger partial charge >= 0.3 is 6.09 Å². The number of nitrogens with zero attached hydrogens (tertiary/aromatic N) is 7. The fourth-order valence-electron chi connectivity index (χ4n) is 4.71. The molecule has 1 amide bonds. The first kappa shape index (κ1) is 25.1. The van der Waals surface area contributed by atoms with Gasteiger partial charge in [-0.15, -0.1) is 0 Å². The number of nitriles is 1. The predicted octanol–water partition coefficient (Wildman–Crippen LogP) is 4.94. The molecular formula is C28H28FN7O2. The van der Waals surface area contributed by atoms with Crippen LogP contribution >= 0.6 is 0 Å². The Balaban J connectivity index is 1.62. The summed E-state index contributed by atoms with van der Waals surface area (Å²) in [5.74, 6) is 0.756. The Morgan fingerprint density at radius 1 is 1.13 bits per heavy atom. The summed E-state index contributed by atoms with van der Waals surface area (Å²) in [5.41, 5.74) is 1.43. The third-order valence-corrected chi connectivity index (χ3v) is 6.40. The lowest BCUT2D eigenvalue weighted by atomic mass is 10.0. The van der Waals surface area contributed by atoms with Crippen molar-refractivity contribution < 1.29 is 13.9 Å². The molecule has 0 saturated carbocycles.